The number of rotatable bonds is 3. The predicted octanol–water partition coefficient (Wildman–Crippen LogP) is 3.23. The number of hydrogen-bond donors (Lipinski definition) is 2. The zero-order valence-corrected chi connectivity index (χ0v) is 12.5. The number of aromatic nitrogens is 2. The van der Waals surface area contributed by atoms with E-state index in [1.54, 1.807) is 30.6 Å². The van der Waals surface area contributed by atoms with Gasteiger partial charge in [0.25, 0.3) is 0 Å². The molecule has 1 amide bonds. The molecule has 2 heterocycles. The number of halogens is 1. The minimum atomic E-state index is -0.458. The van der Waals surface area contributed by atoms with Crippen LogP contribution in [0.1, 0.15) is 10.4 Å². The second-order valence-electron chi connectivity index (χ2n) is 4.45. The van der Waals surface area contributed by atoms with Crippen molar-refractivity contribution in [2.24, 2.45) is 5.73 Å². The van der Waals surface area contributed by atoms with Crippen LogP contribution in [0.4, 0.5) is 11.4 Å². The molecule has 3 N–H and O–H groups in total. The lowest BCUT2D eigenvalue weighted by Crippen LogP contribution is -2.10. The van der Waals surface area contributed by atoms with Gasteiger partial charge in [0, 0.05) is 28.1 Å². The van der Waals surface area contributed by atoms with E-state index < -0.39 is 5.91 Å². The monoisotopic (exact) mass is 342 g/mol. The number of anilines is 2. The molecule has 104 valence electrons. The summed E-state index contributed by atoms with van der Waals surface area (Å²) in [5, 5.41) is 3.24. The maximum atomic E-state index is 11.2. The summed E-state index contributed by atoms with van der Waals surface area (Å²) in [5.41, 5.74) is 8.86. The van der Waals surface area contributed by atoms with Gasteiger partial charge in [-0.15, -0.1) is 0 Å². The summed E-state index contributed by atoms with van der Waals surface area (Å²) < 4.78 is 0.871. The number of primary amides is 1. The van der Waals surface area contributed by atoms with E-state index in [9.17, 15) is 4.79 Å². The van der Waals surface area contributed by atoms with Gasteiger partial charge in [0.2, 0.25) is 5.91 Å². The molecule has 2 aromatic heterocycles. The summed E-state index contributed by atoms with van der Waals surface area (Å²) >= 11 is 3.37. The van der Waals surface area contributed by atoms with Crippen LogP contribution in [-0.4, -0.2) is 15.9 Å². The van der Waals surface area contributed by atoms with Gasteiger partial charge in [-0.05, 0) is 46.3 Å². The Morgan fingerprint density at radius 2 is 2.05 bits per heavy atom. The molecule has 0 aliphatic heterocycles. The number of nitrogens with two attached hydrogens (primary N) is 1. The lowest BCUT2D eigenvalue weighted by molar-refractivity contribution is 0.100. The summed E-state index contributed by atoms with van der Waals surface area (Å²) in [5.74, 6) is -0.458. The number of benzene rings is 1. The van der Waals surface area contributed by atoms with Crippen molar-refractivity contribution >= 4 is 44.2 Å². The highest BCUT2D eigenvalue weighted by molar-refractivity contribution is 9.10. The molecule has 0 fully saturated rings. The summed E-state index contributed by atoms with van der Waals surface area (Å²) in [6.45, 7) is 0. The Balaban J connectivity index is 2.02. The predicted molar refractivity (Wildman–Crippen MR) is 85.5 cm³/mol. The molecule has 5 nitrogen and oxygen atoms in total. The van der Waals surface area contributed by atoms with Gasteiger partial charge in [0.05, 0.1) is 11.2 Å². The molecule has 21 heavy (non-hydrogen) atoms. The Morgan fingerprint density at radius 3 is 2.86 bits per heavy atom. The SMILES string of the molecule is NC(=O)c1cccc(Nc2ccnc3cc(Br)cnc23)c1. The van der Waals surface area contributed by atoms with Gasteiger partial charge in [0.1, 0.15) is 5.52 Å². The Morgan fingerprint density at radius 1 is 1.19 bits per heavy atom. The number of nitrogens with zero attached hydrogens (tertiary/aromatic N) is 2. The maximum Gasteiger partial charge on any atom is 0.248 e. The molecule has 0 aliphatic carbocycles. The second-order valence-corrected chi connectivity index (χ2v) is 5.37. The van der Waals surface area contributed by atoms with Crippen LogP contribution in [0.25, 0.3) is 11.0 Å². The molecule has 0 saturated heterocycles. The highest BCUT2D eigenvalue weighted by Crippen LogP contribution is 2.25. The Hall–Kier alpha value is -2.47. The van der Waals surface area contributed by atoms with E-state index in [1.165, 1.54) is 0 Å². The van der Waals surface area contributed by atoms with Crippen molar-refractivity contribution in [2.45, 2.75) is 0 Å². The number of fused-ring (bicyclic) bond motifs is 1. The van der Waals surface area contributed by atoms with Crippen molar-refractivity contribution in [3.8, 4) is 0 Å². The van der Waals surface area contributed by atoms with Crippen LogP contribution in [0, 0.1) is 0 Å². The fourth-order valence-electron chi connectivity index (χ4n) is 2.01. The fourth-order valence-corrected chi connectivity index (χ4v) is 2.33. The summed E-state index contributed by atoms with van der Waals surface area (Å²) in [7, 11) is 0. The van der Waals surface area contributed by atoms with Gasteiger partial charge < -0.3 is 11.1 Å². The molecule has 0 atom stereocenters. The van der Waals surface area contributed by atoms with Gasteiger partial charge >= 0.3 is 0 Å². The van der Waals surface area contributed by atoms with Crippen LogP contribution in [0.15, 0.2) is 53.3 Å². The van der Waals surface area contributed by atoms with Gasteiger partial charge in [-0.3, -0.25) is 14.8 Å². The molecular formula is C15H11BrN4O. The van der Waals surface area contributed by atoms with Crippen molar-refractivity contribution in [2.75, 3.05) is 5.32 Å². The van der Waals surface area contributed by atoms with Crippen molar-refractivity contribution in [1.29, 1.82) is 0 Å². The van der Waals surface area contributed by atoms with Crippen LogP contribution in [0.5, 0.6) is 0 Å². The molecule has 0 aliphatic rings. The van der Waals surface area contributed by atoms with E-state index in [-0.39, 0.29) is 0 Å². The minimum Gasteiger partial charge on any atom is -0.366 e. The normalized spacial score (nSPS) is 10.5. The Bertz CT molecular complexity index is 835. The first-order valence-corrected chi connectivity index (χ1v) is 7.00. The lowest BCUT2D eigenvalue weighted by Gasteiger charge is -2.09. The van der Waals surface area contributed by atoms with Gasteiger partial charge in [-0.2, -0.15) is 0 Å². The second kappa shape index (κ2) is 5.49. The molecule has 1 aromatic carbocycles. The summed E-state index contributed by atoms with van der Waals surface area (Å²) in [4.78, 5) is 19.9. The Labute approximate surface area is 129 Å². The minimum absolute atomic E-state index is 0.453. The molecule has 0 unspecified atom stereocenters. The number of carbonyl (C=O) groups excluding carboxylic acids is 1. The molecular weight excluding hydrogens is 332 g/mol. The average molecular weight is 343 g/mol. The first-order valence-electron chi connectivity index (χ1n) is 6.20. The molecule has 3 aromatic rings. The Kier molecular flexibility index (Phi) is 3.53. The molecule has 0 bridgehead atoms. The number of carbonyl (C=O) groups is 1. The number of nitrogens with one attached hydrogen (secondary N) is 1. The number of hydrogen-bond acceptors (Lipinski definition) is 4. The van der Waals surface area contributed by atoms with Gasteiger partial charge in [-0.1, -0.05) is 6.07 Å². The zero-order chi connectivity index (χ0) is 14.8. The van der Waals surface area contributed by atoms with Crippen molar-refractivity contribution < 1.29 is 4.79 Å². The van der Waals surface area contributed by atoms with Crippen LogP contribution in [0.3, 0.4) is 0 Å². The highest BCUT2D eigenvalue weighted by atomic mass is 79.9. The van der Waals surface area contributed by atoms with E-state index in [0.717, 1.165) is 26.9 Å². The van der Waals surface area contributed by atoms with Crippen LogP contribution < -0.4 is 11.1 Å². The van der Waals surface area contributed by atoms with Crippen LogP contribution >= 0.6 is 15.9 Å². The van der Waals surface area contributed by atoms with E-state index in [2.05, 4.69) is 31.2 Å². The van der Waals surface area contributed by atoms with Crippen LogP contribution in [0.2, 0.25) is 0 Å². The van der Waals surface area contributed by atoms with Crippen molar-refractivity contribution in [3.05, 3.63) is 58.8 Å². The third-order valence-electron chi connectivity index (χ3n) is 2.97. The first-order chi connectivity index (χ1) is 10.1. The smallest absolute Gasteiger partial charge is 0.248 e. The van der Waals surface area contributed by atoms with E-state index in [4.69, 9.17) is 5.73 Å². The van der Waals surface area contributed by atoms with Crippen molar-refractivity contribution in [3.63, 3.8) is 0 Å². The average Bonchev–Trinajstić information content (AvgIpc) is 2.47. The van der Waals surface area contributed by atoms with Crippen molar-refractivity contribution in [1.82, 2.24) is 9.97 Å². The summed E-state index contributed by atoms with van der Waals surface area (Å²) in [6, 6.07) is 10.7. The van der Waals surface area contributed by atoms with E-state index >= 15 is 0 Å². The lowest BCUT2D eigenvalue weighted by atomic mass is 10.2. The molecule has 3 rings (SSSR count). The quantitative estimate of drug-likeness (QED) is 0.765. The van der Waals surface area contributed by atoms with E-state index in [0.29, 0.717) is 5.56 Å². The standard InChI is InChI=1S/C15H11BrN4O/c16-10-7-13-14(19-8-10)12(4-5-18-13)20-11-3-1-2-9(6-11)15(17)21/h1-8H,(H2,17,21)(H,18,20). The summed E-state index contributed by atoms with van der Waals surface area (Å²) in [6.07, 6.45) is 3.42. The molecule has 0 radical (unpaired) electrons. The third kappa shape index (κ3) is 2.85. The number of pyridine rings is 2. The topological polar surface area (TPSA) is 80.9 Å². The molecule has 0 spiro atoms. The largest absolute Gasteiger partial charge is 0.366 e. The fraction of sp³-hybridized carbons (Fsp3) is 0. The maximum absolute atomic E-state index is 11.2. The van der Waals surface area contributed by atoms with Crippen LogP contribution in [-0.2, 0) is 0 Å². The van der Waals surface area contributed by atoms with Gasteiger partial charge in [0.15, 0.2) is 0 Å². The molecule has 0 saturated carbocycles. The highest BCUT2D eigenvalue weighted by Gasteiger charge is 2.06. The van der Waals surface area contributed by atoms with E-state index in [1.807, 2.05) is 18.2 Å². The third-order valence-corrected chi connectivity index (χ3v) is 3.40. The van der Waals surface area contributed by atoms with Gasteiger partial charge in [-0.25, -0.2) is 0 Å². The zero-order valence-electron chi connectivity index (χ0n) is 10.9. The molecule has 6 heteroatoms. The first kappa shape index (κ1) is 13.5. The number of amides is 1.